The van der Waals surface area contributed by atoms with Crippen LogP contribution in [-0.2, 0) is 35.0 Å². The van der Waals surface area contributed by atoms with Gasteiger partial charge in [-0.2, -0.15) is 0 Å². The highest BCUT2D eigenvalue weighted by molar-refractivity contribution is 5.85. The van der Waals surface area contributed by atoms with Gasteiger partial charge in [0.1, 0.15) is 11.2 Å². The van der Waals surface area contributed by atoms with Crippen molar-refractivity contribution in [3.63, 3.8) is 0 Å². The van der Waals surface area contributed by atoms with Crippen molar-refractivity contribution in [1.82, 2.24) is 9.80 Å². The van der Waals surface area contributed by atoms with Crippen LogP contribution < -0.4 is 0 Å². The van der Waals surface area contributed by atoms with E-state index in [4.69, 9.17) is 18.9 Å². The molecule has 10 heteroatoms. The molecule has 0 spiro atoms. The summed E-state index contributed by atoms with van der Waals surface area (Å²) >= 11 is 0. The first-order valence-corrected chi connectivity index (χ1v) is 19.3. The van der Waals surface area contributed by atoms with Gasteiger partial charge in [-0.25, -0.2) is 9.59 Å². The van der Waals surface area contributed by atoms with Crippen LogP contribution in [0.1, 0.15) is 59.1 Å². The maximum Gasteiger partial charge on any atom is 0.410 e. The molecule has 2 saturated heterocycles. The second kappa shape index (κ2) is 18.0. The molecule has 0 bridgehead atoms. The Morgan fingerprint density at radius 2 is 1.12 bits per heavy atom. The van der Waals surface area contributed by atoms with Crippen molar-refractivity contribution in [2.24, 2.45) is 23.7 Å². The third kappa shape index (κ3) is 11.3. The fourth-order valence-electron chi connectivity index (χ4n) is 7.25. The minimum absolute atomic E-state index is 0.0615. The number of nitrogens with zero attached hydrogens (tertiary/aromatic N) is 2. The number of ether oxygens (including phenoxy) is 4. The number of hydrogen-bond acceptors (Lipinski definition) is 8. The van der Waals surface area contributed by atoms with E-state index in [1.807, 2.05) is 84.0 Å². The van der Waals surface area contributed by atoms with E-state index in [0.29, 0.717) is 26.2 Å². The summed E-state index contributed by atoms with van der Waals surface area (Å²) in [6.07, 6.45) is 4.90. The van der Waals surface area contributed by atoms with Crippen LogP contribution in [0.15, 0.2) is 91.0 Å². The number of amides is 2. The number of likely N-dealkylation sites (tertiary alicyclic amines) is 2. The Labute approximate surface area is 330 Å². The highest BCUT2D eigenvalue weighted by atomic mass is 16.6. The zero-order valence-electron chi connectivity index (χ0n) is 34.0. The van der Waals surface area contributed by atoms with E-state index in [9.17, 15) is 19.2 Å². The quantitative estimate of drug-likeness (QED) is 0.136. The lowest BCUT2D eigenvalue weighted by Crippen LogP contribution is -2.36. The van der Waals surface area contributed by atoms with Crippen molar-refractivity contribution in [2.75, 3.05) is 40.4 Å². The third-order valence-electron chi connectivity index (χ3n) is 10.0. The zero-order chi connectivity index (χ0) is 40.6. The lowest BCUT2D eigenvalue weighted by molar-refractivity contribution is -0.146. The number of benzene rings is 4. The van der Waals surface area contributed by atoms with Gasteiger partial charge >= 0.3 is 24.1 Å². The Kier molecular flexibility index (Phi) is 13.5. The van der Waals surface area contributed by atoms with Crippen molar-refractivity contribution in [3.8, 4) is 0 Å². The number of methoxy groups -OCH3 is 2. The van der Waals surface area contributed by atoms with Crippen LogP contribution in [0, 0.1) is 23.7 Å². The van der Waals surface area contributed by atoms with Crippen LogP contribution >= 0.6 is 0 Å². The zero-order valence-corrected chi connectivity index (χ0v) is 34.0. The number of aryl methyl sites for hydroxylation is 1. The lowest BCUT2D eigenvalue weighted by atomic mass is 9.90. The van der Waals surface area contributed by atoms with E-state index < -0.39 is 23.2 Å². The predicted molar refractivity (Wildman–Crippen MR) is 219 cm³/mol. The molecular weight excluding hydrogens is 709 g/mol. The lowest BCUT2D eigenvalue weighted by Gasteiger charge is -2.24. The topological polar surface area (TPSA) is 112 Å². The highest BCUT2D eigenvalue weighted by Crippen LogP contribution is 2.31. The first-order valence-electron chi connectivity index (χ1n) is 19.3. The molecule has 0 aliphatic carbocycles. The standard InChI is InChI=1S/C23H29NO4.C23H27NO4/c2*1-23(2,3)28-22(26)24-14-19(20(15-24)21(25)27-4)12-10-16-9-11-17-7-5-6-8-18(17)13-16/h5-9,11,13,19-20H,10,12,14-15H2,1-4H3;5-13,19-20H,14-15H2,1-4H3/t2*19-,20-/m00/s1. The van der Waals surface area contributed by atoms with Gasteiger partial charge in [0.15, 0.2) is 0 Å². The molecule has 4 atom stereocenters. The summed E-state index contributed by atoms with van der Waals surface area (Å²) in [4.78, 5) is 52.6. The molecule has 4 aromatic carbocycles. The summed E-state index contributed by atoms with van der Waals surface area (Å²) in [5, 5.41) is 4.78. The van der Waals surface area contributed by atoms with Gasteiger partial charge in [-0.1, -0.05) is 91.0 Å². The Morgan fingerprint density at radius 3 is 1.70 bits per heavy atom. The molecule has 56 heavy (non-hydrogen) atoms. The molecule has 6 rings (SSSR count). The second-order valence-corrected chi connectivity index (χ2v) is 16.6. The maximum absolute atomic E-state index is 12.4. The average molecular weight is 765 g/mol. The number of esters is 2. The SMILES string of the molecule is COC(=O)[C@H]1CN(C(=O)OC(C)(C)C)C[C@@H]1C=Cc1ccc2ccccc2c1.COC(=O)[C@H]1CN(C(=O)OC(C)(C)C)C[C@@H]1CCc1ccc2ccccc2c1. The van der Waals surface area contributed by atoms with E-state index >= 15 is 0 Å². The normalized spacial score (nSPS) is 19.8. The van der Waals surface area contributed by atoms with E-state index in [0.717, 1.165) is 23.8 Å². The Morgan fingerprint density at radius 1 is 0.625 bits per heavy atom. The van der Waals surface area contributed by atoms with Gasteiger partial charge in [0.2, 0.25) is 0 Å². The summed E-state index contributed by atoms with van der Waals surface area (Å²) in [6, 6.07) is 29.2. The van der Waals surface area contributed by atoms with Crippen LogP contribution in [-0.4, -0.2) is 85.5 Å². The molecule has 0 saturated carbocycles. The van der Waals surface area contributed by atoms with Crippen molar-refractivity contribution in [1.29, 1.82) is 0 Å². The van der Waals surface area contributed by atoms with E-state index in [1.165, 1.54) is 35.9 Å². The van der Waals surface area contributed by atoms with E-state index in [1.54, 1.807) is 9.80 Å². The average Bonchev–Trinajstić information content (AvgIpc) is 3.80. The molecule has 2 amide bonds. The van der Waals surface area contributed by atoms with Crippen LogP contribution in [0.3, 0.4) is 0 Å². The molecule has 298 valence electrons. The molecule has 0 aromatic heterocycles. The van der Waals surface area contributed by atoms with Crippen molar-refractivity contribution < 1.29 is 38.1 Å². The van der Waals surface area contributed by atoms with Crippen LogP contribution in [0.4, 0.5) is 9.59 Å². The molecule has 2 heterocycles. The van der Waals surface area contributed by atoms with Crippen molar-refractivity contribution >= 4 is 51.7 Å². The van der Waals surface area contributed by atoms with Gasteiger partial charge in [-0.3, -0.25) is 9.59 Å². The highest BCUT2D eigenvalue weighted by Gasteiger charge is 2.42. The fourth-order valence-corrected chi connectivity index (χ4v) is 7.25. The molecule has 4 aromatic rings. The molecule has 0 radical (unpaired) electrons. The Bertz CT molecular complexity index is 2040. The number of carbonyl (C=O) groups excluding carboxylic acids is 4. The molecular formula is C46H56N2O8. The fraction of sp³-hybridized carbons (Fsp3) is 0.435. The summed E-state index contributed by atoms with van der Waals surface area (Å²) in [5.74, 6) is -1.32. The van der Waals surface area contributed by atoms with Gasteiger partial charge in [-0.05, 0) is 99.0 Å². The summed E-state index contributed by atoms with van der Waals surface area (Å²) in [5.41, 5.74) is 1.16. The largest absolute Gasteiger partial charge is 0.469 e. The van der Waals surface area contributed by atoms with E-state index in [-0.39, 0.29) is 35.8 Å². The number of hydrogen-bond donors (Lipinski definition) is 0. The van der Waals surface area contributed by atoms with Gasteiger partial charge in [0.25, 0.3) is 0 Å². The monoisotopic (exact) mass is 764 g/mol. The predicted octanol–water partition coefficient (Wildman–Crippen LogP) is 8.94. The Balaban J connectivity index is 0.000000214. The minimum atomic E-state index is -0.573. The first kappa shape index (κ1) is 41.8. The second-order valence-electron chi connectivity index (χ2n) is 16.6. The smallest absolute Gasteiger partial charge is 0.410 e. The molecule has 2 fully saturated rings. The molecule has 0 N–H and O–H groups in total. The number of fused-ring (bicyclic) bond motifs is 2. The summed E-state index contributed by atoms with van der Waals surface area (Å²) in [6.45, 7) is 12.6. The van der Waals surface area contributed by atoms with Crippen LogP contribution in [0.25, 0.3) is 27.6 Å². The van der Waals surface area contributed by atoms with Crippen LogP contribution in [0.2, 0.25) is 0 Å². The third-order valence-corrected chi connectivity index (χ3v) is 10.0. The van der Waals surface area contributed by atoms with Gasteiger partial charge in [0, 0.05) is 32.1 Å². The van der Waals surface area contributed by atoms with Crippen molar-refractivity contribution in [3.05, 3.63) is 102 Å². The minimum Gasteiger partial charge on any atom is -0.469 e. The van der Waals surface area contributed by atoms with Crippen molar-refractivity contribution in [2.45, 2.75) is 65.6 Å². The summed E-state index contributed by atoms with van der Waals surface area (Å²) < 4.78 is 20.9. The van der Waals surface area contributed by atoms with Gasteiger partial charge in [0.05, 0.1) is 26.1 Å². The molecule has 10 nitrogen and oxygen atoms in total. The number of rotatable bonds is 7. The van der Waals surface area contributed by atoms with Crippen LogP contribution in [0.5, 0.6) is 0 Å². The van der Waals surface area contributed by atoms with Gasteiger partial charge < -0.3 is 28.7 Å². The number of carbonyl (C=O) groups is 4. The molecule has 2 aliphatic heterocycles. The molecule has 2 aliphatic rings. The summed E-state index contributed by atoms with van der Waals surface area (Å²) in [7, 11) is 2.78. The van der Waals surface area contributed by atoms with Gasteiger partial charge in [-0.15, -0.1) is 0 Å². The van der Waals surface area contributed by atoms with E-state index in [2.05, 4.69) is 54.6 Å². The first-order chi connectivity index (χ1) is 26.5. The maximum atomic E-state index is 12.4. The molecule has 0 unspecified atom stereocenters. The Hall–Kier alpha value is -5.38.